The van der Waals surface area contributed by atoms with Gasteiger partial charge in [-0.05, 0) is 57.8 Å². The molecule has 1 rings (SSSR count). The molecule has 1 heterocycles. The predicted octanol–water partition coefficient (Wildman–Crippen LogP) is 9.22. The maximum atomic E-state index is 12.6. The molecule has 0 aliphatic carbocycles. The van der Waals surface area contributed by atoms with Crippen LogP contribution in [-0.4, -0.2) is 89.0 Å². The average Bonchev–Trinajstić information content (AvgIpc) is 3.21. The smallest absolute Gasteiger partial charge is 0.331 e. The van der Waals surface area contributed by atoms with Gasteiger partial charge in [0.25, 0.3) is 0 Å². The molecule has 0 amide bonds. The molecule has 0 aromatic carbocycles. The van der Waals surface area contributed by atoms with E-state index in [1.54, 1.807) is 12.2 Å². The summed E-state index contributed by atoms with van der Waals surface area (Å²) in [7, 11) is 0. The lowest BCUT2D eigenvalue weighted by Crippen LogP contribution is -2.59. The number of carbonyl (C=O) groups excluding carboxylic acids is 2. The summed E-state index contributed by atoms with van der Waals surface area (Å²) in [6.07, 6.45) is 39.6. The van der Waals surface area contributed by atoms with Crippen molar-refractivity contribution in [1.82, 2.24) is 0 Å². The fourth-order valence-corrected chi connectivity index (χ4v) is 6.14. The lowest BCUT2D eigenvalue weighted by molar-refractivity contribution is -0.305. The van der Waals surface area contributed by atoms with Gasteiger partial charge in [0.2, 0.25) is 0 Å². The van der Waals surface area contributed by atoms with Crippen LogP contribution in [0.2, 0.25) is 0 Å². The van der Waals surface area contributed by atoms with E-state index in [4.69, 9.17) is 18.9 Å². The van der Waals surface area contributed by atoms with E-state index < -0.39 is 55.4 Å². The summed E-state index contributed by atoms with van der Waals surface area (Å²) in [5, 5.41) is 40.0. The summed E-state index contributed by atoms with van der Waals surface area (Å²) < 4.78 is 21.9. The Hall–Kier alpha value is -2.86. The summed E-state index contributed by atoms with van der Waals surface area (Å²) >= 11 is 0. The van der Waals surface area contributed by atoms with Crippen LogP contribution in [0.1, 0.15) is 155 Å². The highest BCUT2D eigenvalue weighted by Gasteiger charge is 2.44. The lowest BCUT2D eigenvalue weighted by atomic mass is 9.99. The van der Waals surface area contributed by atoms with Crippen LogP contribution in [0.4, 0.5) is 0 Å². The number of hydrogen-bond acceptors (Lipinski definition) is 10. The number of rotatable bonds is 35. The van der Waals surface area contributed by atoms with Crippen LogP contribution in [-0.2, 0) is 28.5 Å². The molecule has 10 nitrogen and oxygen atoms in total. The minimum Gasteiger partial charge on any atom is -0.462 e. The van der Waals surface area contributed by atoms with E-state index in [1.807, 2.05) is 6.08 Å². The second-order valence-corrected chi connectivity index (χ2v) is 14.9. The van der Waals surface area contributed by atoms with Gasteiger partial charge in [-0.15, -0.1) is 0 Å². The van der Waals surface area contributed by atoms with E-state index in [-0.39, 0.29) is 19.6 Å². The van der Waals surface area contributed by atoms with Crippen molar-refractivity contribution >= 4 is 11.9 Å². The molecule has 1 aliphatic heterocycles. The molecule has 10 heteroatoms. The first-order valence-electron chi connectivity index (χ1n) is 22.0. The average molecular weight is 803 g/mol. The van der Waals surface area contributed by atoms with Gasteiger partial charge >= 0.3 is 11.9 Å². The number of carbonyl (C=O) groups is 2. The standard InChI is InChI=1S/C47H78O10/c1-3-5-7-9-11-13-15-17-19-20-22-23-25-27-29-31-33-35-42(49)54-38-40(39-55-47-46(53)45(52)44(51)41(37-48)57-47)56-43(50)36-34-32-30-28-26-24-21-18-16-14-12-10-8-6-4-2/h7,9,13,15,19-20,23,25,30,32,34,36,40-41,44-48,51-53H,3-6,8,10-12,14,16-18,21-22,24,26-29,31,33,35,37-39H2,1-2H3/b9-7+,15-13+,20-19+,25-23+,32-30+,36-34+/t40-,41-,44+,45?,46?,47-/m0/s1. The van der Waals surface area contributed by atoms with Gasteiger partial charge in [-0.1, -0.05) is 158 Å². The second-order valence-electron chi connectivity index (χ2n) is 14.9. The Bertz CT molecular complexity index is 1160. The van der Waals surface area contributed by atoms with Crippen molar-refractivity contribution in [2.45, 2.75) is 192 Å². The van der Waals surface area contributed by atoms with Crippen LogP contribution in [0.15, 0.2) is 72.9 Å². The molecule has 0 spiro atoms. The van der Waals surface area contributed by atoms with Gasteiger partial charge in [0.1, 0.15) is 31.0 Å². The van der Waals surface area contributed by atoms with Crippen molar-refractivity contribution in [3.63, 3.8) is 0 Å². The maximum absolute atomic E-state index is 12.6. The van der Waals surface area contributed by atoms with Crippen LogP contribution >= 0.6 is 0 Å². The molecule has 0 radical (unpaired) electrons. The molecule has 6 atom stereocenters. The van der Waals surface area contributed by atoms with E-state index in [9.17, 15) is 30.0 Å². The molecular weight excluding hydrogens is 725 g/mol. The number of aliphatic hydroxyl groups excluding tert-OH is 4. The number of aliphatic hydroxyl groups is 4. The minimum absolute atomic E-state index is 0.215. The summed E-state index contributed by atoms with van der Waals surface area (Å²) in [5.74, 6) is -1.10. The van der Waals surface area contributed by atoms with Crippen LogP contribution in [0, 0.1) is 0 Å². The topological polar surface area (TPSA) is 152 Å². The third-order valence-electron chi connectivity index (χ3n) is 9.65. The van der Waals surface area contributed by atoms with Gasteiger partial charge < -0.3 is 39.4 Å². The fraction of sp³-hybridized carbons (Fsp3) is 0.702. The largest absolute Gasteiger partial charge is 0.462 e. The van der Waals surface area contributed by atoms with Crippen molar-refractivity contribution in [3.05, 3.63) is 72.9 Å². The van der Waals surface area contributed by atoms with Crippen LogP contribution in [0.3, 0.4) is 0 Å². The van der Waals surface area contributed by atoms with E-state index >= 15 is 0 Å². The van der Waals surface area contributed by atoms with Gasteiger partial charge in [-0.3, -0.25) is 4.79 Å². The van der Waals surface area contributed by atoms with Gasteiger partial charge in [-0.2, -0.15) is 0 Å². The summed E-state index contributed by atoms with van der Waals surface area (Å²) in [6, 6.07) is 0. The zero-order valence-corrected chi connectivity index (χ0v) is 35.3. The normalized spacial score (nSPS) is 21.0. The number of esters is 2. The van der Waals surface area contributed by atoms with Gasteiger partial charge in [0.15, 0.2) is 12.4 Å². The van der Waals surface area contributed by atoms with Gasteiger partial charge in [-0.25, -0.2) is 4.79 Å². The monoisotopic (exact) mass is 803 g/mol. The van der Waals surface area contributed by atoms with Crippen LogP contribution in [0.5, 0.6) is 0 Å². The molecule has 0 saturated carbocycles. The first-order chi connectivity index (χ1) is 27.8. The highest BCUT2D eigenvalue weighted by atomic mass is 16.7. The Morgan fingerprint density at radius 3 is 1.74 bits per heavy atom. The molecule has 4 N–H and O–H groups in total. The fourth-order valence-electron chi connectivity index (χ4n) is 6.14. The van der Waals surface area contributed by atoms with Crippen molar-refractivity contribution in [1.29, 1.82) is 0 Å². The van der Waals surface area contributed by atoms with Crippen molar-refractivity contribution < 1.29 is 49.0 Å². The molecule has 1 fully saturated rings. The van der Waals surface area contributed by atoms with E-state index in [0.29, 0.717) is 6.42 Å². The molecule has 57 heavy (non-hydrogen) atoms. The predicted molar refractivity (Wildman–Crippen MR) is 228 cm³/mol. The molecule has 0 bridgehead atoms. The summed E-state index contributed by atoms with van der Waals surface area (Å²) in [4.78, 5) is 25.2. The van der Waals surface area contributed by atoms with Gasteiger partial charge in [0.05, 0.1) is 13.2 Å². The highest BCUT2D eigenvalue weighted by Crippen LogP contribution is 2.22. The first-order valence-corrected chi connectivity index (χ1v) is 22.0. The first kappa shape index (κ1) is 52.2. The maximum Gasteiger partial charge on any atom is 0.331 e. The van der Waals surface area contributed by atoms with Crippen LogP contribution < -0.4 is 0 Å². The minimum atomic E-state index is -1.62. The highest BCUT2D eigenvalue weighted by molar-refractivity contribution is 5.82. The van der Waals surface area contributed by atoms with Crippen LogP contribution in [0.25, 0.3) is 0 Å². The number of allylic oxidation sites excluding steroid dienone is 11. The van der Waals surface area contributed by atoms with Crippen molar-refractivity contribution in [2.75, 3.05) is 19.8 Å². The lowest BCUT2D eigenvalue weighted by Gasteiger charge is -2.39. The molecule has 1 aliphatic rings. The zero-order chi connectivity index (χ0) is 41.6. The van der Waals surface area contributed by atoms with E-state index in [2.05, 4.69) is 62.5 Å². The third kappa shape index (κ3) is 29.1. The molecule has 1 saturated heterocycles. The summed E-state index contributed by atoms with van der Waals surface area (Å²) in [6.45, 7) is 3.20. The third-order valence-corrected chi connectivity index (χ3v) is 9.65. The molecule has 2 unspecified atom stereocenters. The quantitative estimate of drug-likeness (QED) is 0.0161. The molecular formula is C47H78O10. The second kappa shape index (κ2) is 37.4. The number of ether oxygens (including phenoxy) is 4. The Morgan fingerprint density at radius 2 is 1.14 bits per heavy atom. The Morgan fingerprint density at radius 1 is 0.596 bits per heavy atom. The Kier molecular flexibility index (Phi) is 34.2. The summed E-state index contributed by atoms with van der Waals surface area (Å²) in [5.41, 5.74) is 0. The van der Waals surface area contributed by atoms with E-state index in [0.717, 1.165) is 57.8 Å². The number of unbranched alkanes of at least 4 members (excludes halogenated alkanes) is 15. The van der Waals surface area contributed by atoms with Crippen molar-refractivity contribution in [2.24, 2.45) is 0 Å². The molecule has 326 valence electrons. The van der Waals surface area contributed by atoms with Gasteiger partial charge in [0, 0.05) is 12.5 Å². The Labute approximate surface area is 344 Å². The van der Waals surface area contributed by atoms with E-state index in [1.165, 1.54) is 76.7 Å². The zero-order valence-electron chi connectivity index (χ0n) is 35.3. The van der Waals surface area contributed by atoms with Crippen molar-refractivity contribution in [3.8, 4) is 0 Å². The number of hydrogen-bond donors (Lipinski definition) is 4. The SMILES string of the molecule is CCC/C=C/C/C=C/C/C=C/C/C=C/CCCCCC(=O)OC[C@@H](CO[C@H]1O[C@@H](CO)[C@@H](O)C(O)C1O)OC(=O)/C=C/C=C/CCCCCCCCCCCCC. The molecule has 0 aromatic heterocycles. The molecule has 0 aromatic rings. The Balaban J connectivity index is 2.42.